The standard InChI is InChI=1S/C12H11N3/c13-9-5-1-3-7-8-4-2-6-10(14)12(8)15-11(7)9/h1-6,15H,13-14H2. The number of aromatic amines is 1. The molecule has 5 N–H and O–H groups in total. The predicted octanol–water partition coefficient (Wildman–Crippen LogP) is 2.49. The molecule has 2 aromatic carbocycles. The number of nitrogen functional groups attached to an aromatic ring is 2. The summed E-state index contributed by atoms with van der Waals surface area (Å²) in [4.78, 5) is 3.26. The molecular weight excluding hydrogens is 186 g/mol. The van der Waals surface area contributed by atoms with Crippen LogP contribution >= 0.6 is 0 Å². The van der Waals surface area contributed by atoms with E-state index in [2.05, 4.69) is 4.98 Å². The van der Waals surface area contributed by atoms with Gasteiger partial charge in [0.05, 0.1) is 22.4 Å². The molecule has 3 nitrogen and oxygen atoms in total. The molecule has 0 aliphatic rings. The van der Waals surface area contributed by atoms with Gasteiger partial charge in [-0.15, -0.1) is 0 Å². The van der Waals surface area contributed by atoms with Crippen LogP contribution in [0.25, 0.3) is 21.8 Å². The molecule has 3 rings (SSSR count). The van der Waals surface area contributed by atoms with Crippen LogP contribution in [0.3, 0.4) is 0 Å². The second kappa shape index (κ2) is 2.67. The van der Waals surface area contributed by atoms with Crippen molar-refractivity contribution in [3.8, 4) is 0 Å². The molecule has 3 aromatic rings. The first-order valence-corrected chi connectivity index (χ1v) is 4.82. The van der Waals surface area contributed by atoms with Gasteiger partial charge in [0.2, 0.25) is 0 Å². The number of rotatable bonds is 0. The molecule has 74 valence electrons. The summed E-state index contributed by atoms with van der Waals surface area (Å²) >= 11 is 0. The average molecular weight is 197 g/mol. The molecule has 0 unspecified atom stereocenters. The van der Waals surface area contributed by atoms with Gasteiger partial charge < -0.3 is 16.5 Å². The minimum absolute atomic E-state index is 0.753. The molecule has 1 aromatic heterocycles. The highest BCUT2D eigenvalue weighted by atomic mass is 14.8. The van der Waals surface area contributed by atoms with Gasteiger partial charge in [-0.1, -0.05) is 24.3 Å². The minimum Gasteiger partial charge on any atom is -0.397 e. The molecule has 0 radical (unpaired) electrons. The highest BCUT2D eigenvalue weighted by Crippen LogP contribution is 2.31. The smallest absolute Gasteiger partial charge is 0.0699 e. The quantitative estimate of drug-likeness (QED) is 0.484. The number of anilines is 2. The van der Waals surface area contributed by atoms with Crippen LogP contribution in [0.4, 0.5) is 11.4 Å². The van der Waals surface area contributed by atoms with Crippen LogP contribution in [-0.2, 0) is 0 Å². The van der Waals surface area contributed by atoms with E-state index in [-0.39, 0.29) is 0 Å². The van der Waals surface area contributed by atoms with E-state index in [1.54, 1.807) is 0 Å². The Kier molecular flexibility index (Phi) is 1.45. The Morgan fingerprint density at radius 3 is 1.67 bits per heavy atom. The van der Waals surface area contributed by atoms with Crippen LogP contribution in [0.5, 0.6) is 0 Å². The fourth-order valence-electron chi connectivity index (χ4n) is 1.99. The second-order valence-corrected chi connectivity index (χ2v) is 3.66. The lowest BCUT2D eigenvalue weighted by Crippen LogP contribution is -1.85. The maximum Gasteiger partial charge on any atom is 0.0699 e. The number of benzene rings is 2. The molecule has 0 fully saturated rings. The Bertz CT molecular complexity index is 596. The van der Waals surface area contributed by atoms with Crippen LogP contribution in [-0.4, -0.2) is 4.98 Å². The van der Waals surface area contributed by atoms with Crippen molar-refractivity contribution in [1.82, 2.24) is 4.98 Å². The first-order valence-electron chi connectivity index (χ1n) is 4.82. The molecule has 15 heavy (non-hydrogen) atoms. The Morgan fingerprint density at radius 1 is 0.733 bits per heavy atom. The monoisotopic (exact) mass is 197 g/mol. The van der Waals surface area contributed by atoms with E-state index < -0.39 is 0 Å². The predicted molar refractivity (Wildman–Crippen MR) is 64.6 cm³/mol. The molecule has 0 aliphatic carbocycles. The molecule has 0 spiro atoms. The summed E-state index contributed by atoms with van der Waals surface area (Å²) in [5, 5.41) is 2.24. The number of H-pyrrole nitrogens is 1. The fourth-order valence-corrected chi connectivity index (χ4v) is 1.99. The number of hydrogen-bond acceptors (Lipinski definition) is 2. The van der Waals surface area contributed by atoms with Crippen molar-refractivity contribution in [2.45, 2.75) is 0 Å². The summed E-state index contributed by atoms with van der Waals surface area (Å²) in [6.45, 7) is 0. The molecule has 0 bridgehead atoms. The lowest BCUT2D eigenvalue weighted by Gasteiger charge is -1.94. The van der Waals surface area contributed by atoms with Gasteiger partial charge in [0, 0.05) is 10.8 Å². The highest BCUT2D eigenvalue weighted by molar-refractivity contribution is 6.13. The number of nitrogens with two attached hydrogens (primary N) is 2. The summed E-state index contributed by atoms with van der Waals surface area (Å²) in [5.41, 5.74) is 15.2. The number of aromatic nitrogens is 1. The Labute approximate surface area is 86.7 Å². The molecule has 3 heteroatoms. The van der Waals surface area contributed by atoms with E-state index in [9.17, 15) is 0 Å². The van der Waals surface area contributed by atoms with Gasteiger partial charge >= 0.3 is 0 Å². The molecular formula is C12H11N3. The zero-order valence-corrected chi connectivity index (χ0v) is 8.12. The Hall–Kier alpha value is -2.16. The fraction of sp³-hybridized carbons (Fsp3) is 0. The topological polar surface area (TPSA) is 67.8 Å². The summed E-state index contributed by atoms with van der Waals surface area (Å²) in [7, 11) is 0. The molecule has 1 heterocycles. The summed E-state index contributed by atoms with van der Waals surface area (Å²) < 4.78 is 0. The van der Waals surface area contributed by atoms with Crippen molar-refractivity contribution in [3.63, 3.8) is 0 Å². The van der Waals surface area contributed by atoms with E-state index in [4.69, 9.17) is 11.5 Å². The maximum atomic E-state index is 5.90. The summed E-state index contributed by atoms with van der Waals surface area (Å²) in [5.74, 6) is 0. The van der Waals surface area contributed by atoms with E-state index in [1.807, 2.05) is 36.4 Å². The van der Waals surface area contributed by atoms with Gasteiger partial charge in [-0.05, 0) is 12.1 Å². The molecule has 0 saturated carbocycles. The summed E-state index contributed by atoms with van der Waals surface area (Å²) in [6.07, 6.45) is 0. The lowest BCUT2D eigenvalue weighted by atomic mass is 10.1. The van der Waals surface area contributed by atoms with Gasteiger partial charge in [-0.3, -0.25) is 0 Å². The SMILES string of the molecule is Nc1cccc2c1[nH]c1c(N)cccc12. The number of hydrogen-bond donors (Lipinski definition) is 3. The minimum atomic E-state index is 0.753. The summed E-state index contributed by atoms with van der Waals surface area (Å²) in [6, 6.07) is 11.8. The third-order valence-corrected chi connectivity index (χ3v) is 2.73. The van der Waals surface area contributed by atoms with Crippen LogP contribution in [0.15, 0.2) is 36.4 Å². The van der Waals surface area contributed by atoms with E-state index in [0.717, 1.165) is 33.2 Å². The van der Waals surface area contributed by atoms with Gasteiger partial charge in [0.15, 0.2) is 0 Å². The molecule has 0 atom stereocenters. The first-order chi connectivity index (χ1) is 7.27. The third-order valence-electron chi connectivity index (χ3n) is 2.73. The van der Waals surface area contributed by atoms with Crippen LogP contribution in [0.1, 0.15) is 0 Å². The Balaban J connectivity index is 2.63. The Morgan fingerprint density at radius 2 is 1.20 bits per heavy atom. The van der Waals surface area contributed by atoms with Gasteiger partial charge in [-0.2, -0.15) is 0 Å². The zero-order valence-electron chi connectivity index (χ0n) is 8.12. The number of fused-ring (bicyclic) bond motifs is 3. The van der Waals surface area contributed by atoms with Gasteiger partial charge in [-0.25, -0.2) is 0 Å². The maximum absolute atomic E-state index is 5.90. The van der Waals surface area contributed by atoms with Gasteiger partial charge in [0.25, 0.3) is 0 Å². The average Bonchev–Trinajstić information content (AvgIpc) is 2.60. The zero-order chi connectivity index (χ0) is 10.4. The van der Waals surface area contributed by atoms with Crippen molar-refractivity contribution in [2.75, 3.05) is 11.5 Å². The van der Waals surface area contributed by atoms with E-state index in [1.165, 1.54) is 0 Å². The normalized spacial score (nSPS) is 11.2. The highest BCUT2D eigenvalue weighted by Gasteiger charge is 2.07. The number of para-hydroxylation sites is 2. The van der Waals surface area contributed by atoms with Crippen molar-refractivity contribution in [1.29, 1.82) is 0 Å². The second-order valence-electron chi connectivity index (χ2n) is 3.66. The lowest BCUT2D eigenvalue weighted by molar-refractivity contribution is 1.54. The molecule has 0 saturated heterocycles. The van der Waals surface area contributed by atoms with E-state index >= 15 is 0 Å². The third kappa shape index (κ3) is 1.00. The van der Waals surface area contributed by atoms with Crippen molar-refractivity contribution < 1.29 is 0 Å². The van der Waals surface area contributed by atoms with Crippen LogP contribution < -0.4 is 11.5 Å². The van der Waals surface area contributed by atoms with Crippen molar-refractivity contribution in [3.05, 3.63) is 36.4 Å². The first kappa shape index (κ1) is 8.17. The van der Waals surface area contributed by atoms with Crippen LogP contribution in [0, 0.1) is 0 Å². The van der Waals surface area contributed by atoms with Crippen molar-refractivity contribution >= 4 is 33.2 Å². The van der Waals surface area contributed by atoms with Gasteiger partial charge in [0.1, 0.15) is 0 Å². The largest absolute Gasteiger partial charge is 0.397 e. The molecule has 0 amide bonds. The number of nitrogens with one attached hydrogen (secondary N) is 1. The van der Waals surface area contributed by atoms with E-state index in [0.29, 0.717) is 0 Å². The van der Waals surface area contributed by atoms with Crippen molar-refractivity contribution in [2.24, 2.45) is 0 Å². The molecule has 0 aliphatic heterocycles. The van der Waals surface area contributed by atoms with Crippen LogP contribution in [0.2, 0.25) is 0 Å².